The summed E-state index contributed by atoms with van der Waals surface area (Å²) >= 11 is 5.90. The van der Waals surface area contributed by atoms with Crippen LogP contribution >= 0.6 is 11.6 Å². The zero-order chi connectivity index (χ0) is 19.1. The molecule has 144 valence electrons. The van der Waals surface area contributed by atoms with E-state index in [1.807, 2.05) is 4.90 Å². The SMILES string of the molecule is CCOC(=O)N1CCC(N(C(=O)Nc2ccc(Cl)cc2)C(C)CC)CC1. The van der Waals surface area contributed by atoms with Crippen LogP contribution in [0.3, 0.4) is 0 Å². The molecule has 0 radical (unpaired) electrons. The third-order valence-electron chi connectivity index (χ3n) is 4.78. The lowest BCUT2D eigenvalue weighted by molar-refractivity contribution is 0.0757. The summed E-state index contributed by atoms with van der Waals surface area (Å²) in [7, 11) is 0. The van der Waals surface area contributed by atoms with Crippen molar-refractivity contribution in [3.8, 4) is 0 Å². The largest absolute Gasteiger partial charge is 0.450 e. The fourth-order valence-electron chi connectivity index (χ4n) is 3.19. The summed E-state index contributed by atoms with van der Waals surface area (Å²) in [6.07, 6.45) is 2.09. The Kier molecular flexibility index (Phi) is 7.57. The molecule has 1 saturated heterocycles. The van der Waals surface area contributed by atoms with Crippen LogP contribution in [0.25, 0.3) is 0 Å². The smallest absolute Gasteiger partial charge is 0.409 e. The Labute approximate surface area is 160 Å². The highest BCUT2D eigenvalue weighted by molar-refractivity contribution is 6.30. The molecule has 1 aromatic carbocycles. The third-order valence-corrected chi connectivity index (χ3v) is 5.03. The van der Waals surface area contributed by atoms with Crippen LogP contribution in [0.15, 0.2) is 24.3 Å². The highest BCUT2D eigenvalue weighted by Gasteiger charge is 2.32. The number of carbonyl (C=O) groups excluding carboxylic acids is 2. The third kappa shape index (κ3) is 5.27. The van der Waals surface area contributed by atoms with Crippen LogP contribution in [0.5, 0.6) is 0 Å². The number of nitrogens with zero attached hydrogens (tertiary/aromatic N) is 2. The quantitative estimate of drug-likeness (QED) is 0.811. The van der Waals surface area contributed by atoms with E-state index in [0.717, 1.165) is 24.9 Å². The maximum atomic E-state index is 12.9. The average molecular weight is 382 g/mol. The van der Waals surface area contributed by atoms with Crippen molar-refractivity contribution in [2.75, 3.05) is 25.0 Å². The van der Waals surface area contributed by atoms with Gasteiger partial charge in [0.2, 0.25) is 0 Å². The van der Waals surface area contributed by atoms with E-state index in [1.54, 1.807) is 36.1 Å². The summed E-state index contributed by atoms with van der Waals surface area (Å²) in [5.41, 5.74) is 0.719. The molecule has 2 rings (SSSR count). The van der Waals surface area contributed by atoms with Crippen molar-refractivity contribution < 1.29 is 14.3 Å². The first-order valence-electron chi connectivity index (χ1n) is 9.22. The molecule has 0 spiro atoms. The van der Waals surface area contributed by atoms with Crippen LogP contribution in [-0.4, -0.2) is 53.7 Å². The van der Waals surface area contributed by atoms with Gasteiger partial charge < -0.3 is 19.9 Å². The van der Waals surface area contributed by atoms with E-state index < -0.39 is 0 Å². The van der Waals surface area contributed by atoms with Gasteiger partial charge >= 0.3 is 12.1 Å². The van der Waals surface area contributed by atoms with Crippen LogP contribution in [0.4, 0.5) is 15.3 Å². The monoisotopic (exact) mass is 381 g/mol. The lowest BCUT2D eigenvalue weighted by atomic mass is 10.0. The van der Waals surface area contributed by atoms with Gasteiger partial charge in [-0.05, 0) is 57.4 Å². The van der Waals surface area contributed by atoms with Gasteiger partial charge in [-0.25, -0.2) is 9.59 Å². The van der Waals surface area contributed by atoms with Gasteiger partial charge in [-0.3, -0.25) is 0 Å². The number of hydrogen-bond acceptors (Lipinski definition) is 3. The summed E-state index contributed by atoms with van der Waals surface area (Å²) in [5.74, 6) is 0. The molecule has 1 fully saturated rings. The molecule has 6 nitrogen and oxygen atoms in total. The van der Waals surface area contributed by atoms with Gasteiger partial charge in [0.25, 0.3) is 0 Å². The van der Waals surface area contributed by atoms with Gasteiger partial charge in [0.1, 0.15) is 0 Å². The van der Waals surface area contributed by atoms with E-state index in [4.69, 9.17) is 16.3 Å². The Bertz CT molecular complexity index is 601. The van der Waals surface area contributed by atoms with Crippen molar-refractivity contribution in [1.29, 1.82) is 0 Å². The number of ether oxygens (including phenoxy) is 1. The van der Waals surface area contributed by atoms with Gasteiger partial charge in [-0.15, -0.1) is 0 Å². The summed E-state index contributed by atoms with van der Waals surface area (Å²) < 4.78 is 5.07. The zero-order valence-corrected chi connectivity index (χ0v) is 16.5. The van der Waals surface area contributed by atoms with Crippen LogP contribution in [0.2, 0.25) is 5.02 Å². The molecular formula is C19H28ClN3O3. The average Bonchev–Trinajstić information content (AvgIpc) is 2.64. The molecule has 0 aromatic heterocycles. The predicted octanol–water partition coefficient (Wildman–Crippen LogP) is 4.59. The minimum atomic E-state index is -0.272. The number of hydrogen-bond donors (Lipinski definition) is 1. The molecule has 1 unspecified atom stereocenters. The summed E-state index contributed by atoms with van der Waals surface area (Å²) in [6, 6.07) is 7.18. The van der Waals surface area contributed by atoms with E-state index in [1.165, 1.54) is 0 Å². The summed E-state index contributed by atoms with van der Waals surface area (Å²) in [5, 5.41) is 3.59. The molecule has 26 heavy (non-hydrogen) atoms. The maximum Gasteiger partial charge on any atom is 0.409 e. The Hall–Kier alpha value is -1.95. The summed E-state index contributed by atoms with van der Waals surface area (Å²) in [6.45, 7) is 7.51. The highest BCUT2D eigenvalue weighted by Crippen LogP contribution is 2.22. The normalized spacial score (nSPS) is 16.1. The fourth-order valence-corrected chi connectivity index (χ4v) is 3.31. The Morgan fingerprint density at radius 3 is 2.42 bits per heavy atom. The Balaban J connectivity index is 2.02. The first kappa shape index (κ1) is 20.4. The molecule has 1 heterocycles. The molecule has 0 saturated carbocycles. The number of piperidine rings is 1. The second kappa shape index (κ2) is 9.67. The fraction of sp³-hybridized carbons (Fsp3) is 0.579. The Morgan fingerprint density at radius 1 is 1.27 bits per heavy atom. The second-order valence-corrected chi connectivity index (χ2v) is 6.96. The number of anilines is 1. The van der Waals surface area contributed by atoms with E-state index in [2.05, 4.69) is 19.2 Å². The predicted molar refractivity (Wildman–Crippen MR) is 104 cm³/mol. The Morgan fingerprint density at radius 2 is 1.88 bits per heavy atom. The minimum absolute atomic E-state index is 0.0999. The van der Waals surface area contributed by atoms with E-state index in [9.17, 15) is 9.59 Å². The van der Waals surface area contributed by atoms with E-state index in [-0.39, 0.29) is 24.2 Å². The molecule has 1 aliphatic rings. The number of amides is 3. The van der Waals surface area contributed by atoms with Crippen LogP contribution in [-0.2, 0) is 4.74 Å². The molecule has 0 bridgehead atoms. The zero-order valence-electron chi connectivity index (χ0n) is 15.7. The van der Waals surface area contributed by atoms with Gasteiger partial charge in [0.05, 0.1) is 6.61 Å². The van der Waals surface area contributed by atoms with Crippen molar-refractivity contribution in [2.45, 2.75) is 52.1 Å². The standard InChI is InChI=1S/C19H28ClN3O3/c1-4-14(3)23(18(24)21-16-8-6-15(20)7-9-16)17-10-12-22(13-11-17)19(25)26-5-2/h6-9,14,17H,4-5,10-13H2,1-3H3,(H,21,24). The van der Waals surface area contributed by atoms with E-state index in [0.29, 0.717) is 24.7 Å². The van der Waals surface area contributed by atoms with Gasteiger partial charge in [0, 0.05) is 35.9 Å². The molecule has 1 aliphatic heterocycles. The minimum Gasteiger partial charge on any atom is -0.450 e. The van der Waals surface area contributed by atoms with Crippen molar-refractivity contribution in [1.82, 2.24) is 9.80 Å². The molecule has 7 heteroatoms. The van der Waals surface area contributed by atoms with Gasteiger partial charge in [-0.1, -0.05) is 18.5 Å². The van der Waals surface area contributed by atoms with E-state index >= 15 is 0 Å². The summed E-state index contributed by atoms with van der Waals surface area (Å²) in [4.78, 5) is 28.4. The number of urea groups is 1. The second-order valence-electron chi connectivity index (χ2n) is 6.52. The van der Waals surface area contributed by atoms with Crippen molar-refractivity contribution in [3.05, 3.63) is 29.3 Å². The van der Waals surface area contributed by atoms with Gasteiger partial charge in [-0.2, -0.15) is 0 Å². The number of nitrogens with one attached hydrogen (secondary N) is 1. The van der Waals surface area contributed by atoms with Crippen LogP contribution in [0.1, 0.15) is 40.0 Å². The van der Waals surface area contributed by atoms with Crippen molar-refractivity contribution in [2.24, 2.45) is 0 Å². The highest BCUT2D eigenvalue weighted by atomic mass is 35.5. The molecule has 0 aliphatic carbocycles. The lowest BCUT2D eigenvalue weighted by Gasteiger charge is -2.41. The van der Waals surface area contributed by atoms with Crippen LogP contribution < -0.4 is 5.32 Å². The molecule has 1 N–H and O–H groups in total. The number of benzene rings is 1. The topological polar surface area (TPSA) is 61.9 Å². The number of halogens is 1. The number of rotatable bonds is 5. The molecular weight excluding hydrogens is 354 g/mol. The number of likely N-dealkylation sites (tertiary alicyclic amines) is 1. The molecule has 3 amide bonds. The lowest BCUT2D eigenvalue weighted by Crippen LogP contribution is -2.53. The first-order chi connectivity index (χ1) is 12.5. The van der Waals surface area contributed by atoms with Gasteiger partial charge in [0.15, 0.2) is 0 Å². The van der Waals surface area contributed by atoms with Crippen molar-refractivity contribution >= 4 is 29.4 Å². The molecule has 1 atom stereocenters. The molecule has 1 aromatic rings. The first-order valence-corrected chi connectivity index (χ1v) is 9.60. The number of carbonyl (C=O) groups is 2. The van der Waals surface area contributed by atoms with Crippen LogP contribution in [0, 0.1) is 0 Å². The maximum absolute atomic E-state index is 12.9. The van der Waals surface area contributed by atoms with Crippen molar-refractivity contribution in [3.63, 3.8) is 0 Å².